The largest absolute Gasteiger partial charge is 0.496 e. The molecule has 156 valence electrons. The van der Waals surface area contributed by atoms with Gasteiger partial charge in [-0.3, -0.25) is 9.59 Å². The van der Waals surface area contributed by atoms with Crippen molar-refractivity contribution in [3.05, 3.63) is 72.1 Å². The van der Waals surface area contributed by atoms with Crippen LogP contribution in [0.3, 0.4) is 0 Å². The minimum atomic E-state index is -0.212. The van der Waals surface area contributed by atoms with Crippen LogP contribution in [0.5, 0.6) is 5.75 Å². The summed E-state index contributed by atoms with van der Waals surface area (Å²) in [6.45, 7) is 1.91. The van der Waals surface area contributed by atoms with E-state index < -0.39 is 0 Å². The number of para-hydroxylation sites is 1. The Kier molecular flexibility index (Phi) is 7.13. The van der Waals surface area contributed by atoms with E-state index in [1.165, 1.54) is 11.8 Å². The Morgan fingerprint density at radius 1 is 1.17 bits per heavy atom. The van der Waals surface area contributed by atoms with Crippen molar-refractivity contribution in [1.29, 1.82) is 0 Å². The number of methoxy groups -OCH3 is 1. The Hall–Kier alpha value is -3.26. The molecule has 1 heterocycles. The van der Waals surface area contributed by atoms with Gasteiger partial charge >= 0.3 is 0 Å². The molecule has 0 unspecified atom stereocenters. The van der Waals surface area contributed by atoms with Crippen LogP contribution in [-0.4, -0.2) is 34.2 Å². The number of amides is 2. The van der Waals surface area contributed by atoms with Gasteiger partial charge in [0.25, 0.3) is 5.91 Å². The molecule has 1 aromatic heterocycles. The van der Waals surface area contributed by atoms with Crippen LogP contribution >= 0.6 is 11.8 Å². The quantitative estimate of drug-likeness (QED) is 0.539. The molecule has 1 atom stereocenters. The van der Waals surface area contributed by atoms with Gasteiger partial charge in [-0.05, 0) is 37.3 Å². The highest BCUT2D eigenvalue weighted by atomic mass is 32.2. The number of rotatable bonds is 8. The van der Waals surface area contributed by atoms with E-state index >= 15 is 0 Å². The molecule has 8 heteroatoms. The van der Waals surface area contributed by atoms with Crippen LogP contribution in [0, 0.1) is 0 Å². The van der Waals surface area contributed by atoms with E-state index in [1.807, 2.05) is 49.0 Å². The van der Waals surface area contributed by atoms with Crippen molar-refractivity contribution in [1.82, 2.24) is 14.9 Å². The van der Waals surface area contributed by atoms with Crippen molar-refractivity contribution in [2.45, 2.75) is 18.1 Å². The minimum absolute atomic E-state index is 0.134. The molecule has 0 aliphatic rings. The van der Waals surface area contributed by atoms with Gasteiger partial charge in [0, 0.05) is 36.3 Å². The van der Waals surface area contributed by atoms with Crippen LogP contribution in [0.4, 0.5) is 5.69 Å². The number of ether oxygens (including phenoxy) is 1. The lowest BCUT2D eigenvalue weighted by molar-refractivity contribution is -0.113. The fraction of sp³-hybridized carbons (Fsp3) is 0.227. The van der Waals surface area contributed by atoms with E-state index in [0.717, 1.165) is 16.5 Å². The topological polar surface area (TPSA) is 85.2 Å². The second kappa shape index (κ2) is 9.98. The normalized spacial score (nSPS) is 11.6. The summed E-state index contributed by atoms with van der Waals surface area (Å²) in [6, 6.07) is 14.2. The Morgan fingerprint density at radius 2 is 1.90 bits per heavy atom. The van der Waals surface area contributed by atoms with Gasteiger partial charge in [0.05, 0.1) is 18.9 Å². The highest BCUT2D eigenvalue weighted by Gasteiger charge is 2.15. The highest BCUT2D eigenvalue weighted by Crippen LogP contribution is 2.24. The average Bonchev–Trinajstić information content (AvgIpc) is 3.17. The summed E-state index contributed by atoms with van der Waals surface area (Å²) in [7, 11) is 3.49. The second-order valence-corrected chi connectivity index (χ2v) is 7.61. The monoisotopic (exact) mass is 424 g/mol. The van der Waals surface area contributed by atoms with Crippen LogP contribution in [-0.2, 0) is 11.8 Å². The highest BCUT2D eigenvalue weighted by molar-refractivity contribution is 7.99. The van der Waals surface area contributed by atoms with Crippen LogP contribution in [0.2, 0.25) is 0 Å². The number of aryl methyl sites for hydroxylation is 1. The number of anilines is 1. The molecular weight excluding hydrogens is 400 g/mol. The molecular formula is C22H24N4O3S. The van der Waals surface area contributed by atoms with Gasteiger partial charge in [0.15, 0.2) is 5.16 Å². The zero-order valence-corrected chi connectivity index (χ0v) is 17.9. The van der Waals surface area contributed by atoms with Crippen LogP contribution in [0.25, 0.3) is 0 Å². The lowest BCUT2D eigenvalue weighted by Crippen LogP contribution is -2.27. The maximum absolute atomic E-state index is 12.6. The second-order valence-electron chi connectivity index (χ2n) is 6.67. The smallest absolute Gasteiger partial charge is 0.251 e. The van der Waals surface area contributed by atoms with Crippen molar-refractivity contribution >= 4 is 29.3 Å². The third kappa shape index (κ3) is 5.42. The predicted octanol–water partition coefficient (Wildman–Crippen LogP) is 3.65. The number of carbonyl (C=O) groups is 2. The zero-order chi connectivity index (χ0) is 21.5. The van der Waals surface area contributed by atoms with Crippen molar-refractivity contribution in [3.8, 4) is 5.75 Å². The van der Waals surface area contributed by atoms with Gasteiger partial charge in [-0.2, -0.15) is 0 Å². The van der Waals surface area contributed by atoms with Crippen LogP contribution < -0.4 is 15.4 Å². The molecule has 30 heavy (non-hydrogen) atoms. The standard InChI is InChI=1S/C22H24N4O3S/c1-15(18-6-4-5-7-19(18)29-3)24-21(28)16-8-10-17(11-9-16)25-20(27)14-30-22-23-12-13-26(22)2/h4-13,15H,14H2,1-3H3,(H,24,28)(H,25,27)/t15-/m0/s1. The molecule has 2 amide bonds. The summed E-state index contributed by atoms with van der Waals surface area (Å²) >= 11 is 1.36. The fourth-order valence-corrected chi connectivity index (χ4v) is 3.64. The molecule has 0 radical (unpaired) electrons. The van der Waals surface area contributed by atoms with E-state index in [-0.39, 0.29) is 23.6 Å². The van der Waals surface area contributed by atoms with Crippen molar-refractivity contribution in [2.24, 2.45) is 7.05 Å². The molecule has 3 rings (SSSR count). The lowest BCUT2D eigenvalue weighted by Gasteiger charge is -2.17. The average molecular weight is 425 g/mol. The van der Waals surface area contributed by atoms with Gasteiger partial charge in [0.1, 0.15) is 5.75 Å². The zero-order valence-electron chi connectivity index (χ0n) is 17.1. The Balaban J connectivity index is 1.55. The third-order valence-corrected chi connectivity index (χ3v) is 5.55. The molecule has 0 fully saturated rings. The predicted molar refractivity (Wildman–Crippen MR) is 118 cm³/mol. The van der Waals surface area contributed by atoms with E-state index in [2.05, 4.69) is 15.6 Å². The number of carbonyl (C=O) groups excluding carboxylic acids is 2. The van der Waals surface area contributed by atoms with E-state index in [0.29, 0.717) is 11.3 Å². The summed E-state index contributed by atoms with van der Waals surface area (Å²) in [5, 5.41) is 6.58. The summed E-state index contributed by atoms with van der Waals surface area (Å²) in [5.41, 5.74) is 2.05. The molecule has 0 saturated heterocycles. The minimum Gasteiger partial charge on any atom is -0.496 e. The summed E-state index contributed by atoms with van der Waals surface area (Å²) in [5.74, 6) is 0.650. The molecule has 0 saturated carbocycles. The number of benzene rings is 2. The Labute approximate surface area is 179 Å². The number of thioether (sulfide) groups is 1. The van der Waals surface area contributed by atoms with E-state index in [9.17, 15) is 9.59 Å². The maximum atomic E-state index is 12.6. The van der Waals surface area contributed by atoms with E-state index in [4.69, 9.17) is 4.74 Å². The van der Waals surface area contributed by atoms with E-state index in [1.54, 1.807) is 37.6 Å². The first kappa shape index (κ1) is 21.4. The number of nitrogens with one attached hydrogen (secondary N) is 2. The summed E-state index contributed by atoms with van der Waals surface area (Å²) < 4.78 is 7.22. The van der Waals surface area contributed by atoms with Gasteiger partial charge in [0.2, 0.25) is 5.91 Å². The van der Waals surface area contributed by atoms with Crippen LogP contribution in [0.1, 0.15) is 28.9 Å². The van der Waals surface area contributed by atoms with Crippen molar-refractivity contribution in [3.63, 3.8) is 0 Å². The first-order valence-corrected chi connectivity index (χ1v) is 10.4. The van der Waals surface area contributed by atoms with Crippen molar-refractivity contribution < 1.29 is 14.3 Å². The number of hydrogen-bond donors (Lipinski definition) is 2. The van der Waals surface area contributed by atoms with Crippen molar-refractivity contribution in [2.75, 3.05) is 18.2 Å². The van der Waals surface area contributed by atoms with Gasteiger partial charge < -0.3 is 19.9 Å². The first-order valence-electron chi connectivity index (χ1n) is 9.41. The molecule has 0 spiro atoms. The Bertz CT molecular complexity index is 1020. The van der Waals surface area contributed by atoms with Gasteiger partial charge in [-0.15, -0.1) is 0 Å². The van der Waals surface area contributed by atoms with Crippen LogP contribution in [0.15, 0.2) is 66.1 Å². The number of aromatic nitrogens is 2. The number of hydrogen-bond acceptors (Lipinski definition) is 5. The number of imidazole rings is 1. The first-order chi connectivity index (χ1) is 14.5. The Morgan fingerprint density at radius 3 is 2.57 bits per heavy atom. The summed E-state index contributed by atoms with van der Waals surface area (Å²) in [6.07, 6.45) is 3.53. The molecule has 0 bridgehead atoms. The number of nitrogens with zero attached hydrogens (tertiary/aromatic N) is 2. The fourth-order valence-electron chi connectivity index (χ4n) is 2.90. The third-order valence-electron chi connectivity index (χ3n) is 4.49. The molecule has 3 aromatic rings. The lowest BCUT2D eigenvalue weighted by atomic mass is 10.1. The molecule has 0 aliphatic carbocycles. The maximum Gasteiger partial charge on any atom is 0.251 e. The van der Waals surface area contributed by atoms with Gasteiger partial charge in [-0.1, -0.05) is 30.0 Å². The SMILES string of the molecule is COc1ccccc1[C@H](C)NC(=O)c1ccc(NC(=O)CSc2nccn2C)cc1. The molecule has 2 aromatic carbocycles. The summed E-state index contributed by atoms with van der Waals surface area (Å²) in [4.78, 5) is 28.9. The molecule has 7 nitrogen and oxygen atoms in total. The molecule has 2 N–H and O–H groups in total. The van der Waals surface area contributed by atoms with Gasteiger partial charge in [-0.25, -0.2) is 4.98 Å². The molecule has 0 aliphatic heterocycles.